The van der Waals surface area contributed by atoms with E-state index >= 15 is 0 Å². The van der Waals surface area contributed by atoms with Crippen LogP contribution in [0, 0.1) is 12.7 Å². The molecule has 1 aromatic carbocycles. The Morgan fingerprint density at radius 3 is 2.50 bits per heavy atom. The molecule has 0 atom stereocenters. The molecule has 4 rings (SSSR count). The molecule has 0 fully saturated rings. The van der Waals surface area contributed by atoms with E-state index in [0.717, 1.165) is 0 Å². The highest BCUT2D eigenvalue weighted by molar-refractivity contribution is 5.85. The Morgan fingerprint density at radius 1 is 1.03 bits per heavy atom. The molecule has 3 heterocycles. The van der Waals surface area contributed by atoms with Crippen molar-refractivity contribution in [2.45, 2.75) is 19.9 Å². The van der Waals surface area contributed by atoms with E-state index in [2.05, 4.69) is 15.0 Å². The number of aryl methyl sites for hydroxylation is 1. The first-order valence-corrected chi connectivity index (χ1v) is 10.3. The molecule has 10 heteroatoms. The summed E-state index contributed by atoms with van der Waals surface area (Å²) in [7, 11) is 0. The number of anilines is 1. The fourth-order valence-corrected chi connectivity index (χ4v) is 3.47. The predicted molar refractivity (Wildman–Crippen MR) is 121 cm³/mol. The van der Waals surface area contributed by atoms with Gasteiger partial charge in [0.2, 0.25) is 11.8 Å². The number of ether oxygens (including phenoxy) is 1. The van der Waals surface area contributed by atoms with Crippen LogP contribution in [0.2, 0.25) is 0 Å². The van der Waals surface area contributed by atoms with Crippen LogP contribution < -0.4 is 16.0 Å². The lowest BCUT2D eigenvalue weighted by Gasteiger charge is -2.17. The molecule has 34 heavy (non-hydrogen) atoms. The zero-order chi connectivity index (χ0) is 24.2. The Bertz CT molecular complexity index is 1370. The first-order chi connectivity index (χ1) is 16.3. The zero-order valence-corrected chi connectivity index (χ0v) is 18.1. The van der Waals surface area contributed by atoms with Crippen molar-refractivity contribution in [3.8, 4) is 28.3 Å². The molecule has 0 amide bonds. The maximum absolute atomic E-state index is 13.5. The van der Waals surface area contributed by atoms with Gasteiger partial charge >= 0.3 is 0 Å². The molecular formula is C24H20F3N5O2. The van der Waals surface area contributed by atoms with E-state index in [1.54, 1.807) is 31.3 Å². The summed E-state index contributed by atoms with van der Waals surface area (Å²) in [5.41, 5.74) is 7.08. The van der Waals surface area contributed by atoms with E-state index in [1.165, 1.54) is 41.0 Å². The summed E-state index contributed by atoms with van der Waals surface area (Å²) in [4.78, 5) is 24.3. The van der Waals surface area contributed by atoms with Gasteiger partial charge < -0.3 is 15.0 Å². The van der Waals surface area contributed by atoms with Crippen LogP contribution in [0.3, 0.4) is 0 Å². The van der Waals surface area contributed by atoms with Crippen molar-refractivity contribution in [3.63, 3.8) is 0 Å². The number of benzene rings is 1. The van der Waals surface area contributed by atoms with Crippen molar-refractivity contribution in [2.24, 2.45) is 0 Å². The summed E-state index contributed by atoms with van der Waals surface area (Å²) >= 11 is 0. The van der Waals surface area contributed by atoms with Crippen LogP contribution in [-0.2, 0) is 6.54 Å². The molecule has 0 aliphatic heterocycles. The third-order valence-corrected chi connectivity index (χ3v) is 4.97. The Morgan fingerprint density at radius 2 is 1.79 bits per heavy atom. The number of nitrogens with zero attached hydrogens (tertiary/aromatic N) is 4. The summed E-state index contributed by atoms with van der Waals surface area (Å²) in [6.07, 6.45) is -1.18. The summed E-state index contributed by atoms with van der Waals surface area (Å²) < 4.78 is 47.8. The maximum Gasteiger partial charge on any atom is 0.280 e. The number of nitrogens with two attached hydrogens (primary N) is 1. The lowest BCUT2D eigenvalue weighted by Crippen LogP contribution is -2.21. The van der Waals surface area contributed by atoms with E-state index in [0.29, 0.717) is 22.4 Å². The minimum atomic E-state index is -2.79. The van der Waals surface area contributed by atoms with E-state index in [4.69, 9.17) is 10.5 Å². The summed E-state index contributed by atoms with van der Waals surface area (Å²) in [6, 6.07) is 13.1. The highest BCUT2D eigenvalue weighted by Crippen LogP contribution is 2.39. The molecule has 7 nitrogen and oxygen atoms in total. The van der Waals surface area contributed by atoms with Crippen molar-refractivity contribution < 1.29 is 17.9 Å². The van der Waals surface area contributed by atoms with Crippen LogP contribution in [-0.4, -0.2) is 26.1 Å². The molecular weight excluding hydrogens is 447 g/mol. The molecule has 174 valence electrons. The van der Waals surface area contributed by atoms with E-state index < -0.39 is 17.9 Å². The predicted octanol–water partition coefficient (Wildman–Crippen LogP) is 4.41. The van der Waals surface area contributed by atoms with Gasteiger partial charge in [0, 0.05) is 23.5 Å². The molecule has 0 aliphatic rings. The average Bonchev–Trinajstić information content (AvgIpc) is 2.80. The molecule has 4 aromatic rings. The van der Waals surface area contributed by atoms with Crippen molar-refractivity contribution in [1.82, 2.24) is 19.5 Å². The van der Waals surface area contributed by atoms with Gasteiger partial charge in [-0.2, -0.15) is 4.98 Å². The molecule has 0 saturated heterocycles. The Hall–Kier alpha value is -4.21. The first kappa shape index (κ1) is 23.0. The third-order valence-electron chi connectivity index (χ3n) is 4.97. The Balaban J connectivity index is 1.83. The first-order valence-electron chi connectivity index (χ1n) is 10.3. The number of nitrogen functional groups attached to an aromatic ring is 1. The SMILES string of the molecule is Cc1cc(-c2c(OCCn3ccccc3=O)nc(N)nc2-c2ccc(F)cc2)cc(C(F)F)n1. The minimum Gasteiger partial charge on any atom is -0.475 e. The zero-order valence-electron chi connectivity index (χ0n) is 18.1. The fourth-order valence-electron chi connectivity index (χ4n) is 3.47. The van der Waals surface area contributed by atoms with Crippen molar-refractivity contribution in [1.29, 1.82) is 0 Å². The number of alkyl halides is 2. The normalized spacial score (nSPS) is 11.1. The molecule has 2 N–H and O–H groups in total. The van der Waals surface area contributed by atoms with Gasteiger partial charge in [-0.1, -0.05) is 6.07 Å². The van der Waals surface area contributed by atoms with Crippen molar-refractivity contribution in [3.05, 3.63) is 88.4 Å². The number of pyridine rings is 2. The quantitative estimate of drug-likeness (QED) is 0.433. The van der Waals surface area contributed by atoms with Crippen molar-refractivity contribution >= 4 is 5.95 Å². The number of aromatic nitrogens is 4. The number of halogens is 3. The molecule has 0 radical (unpaired) electrons. The van der Waals surface area contributed by atoms with Gasteiger partial charge in [0.05, 0.1) is 17.8 Å². The number of rotatable bonds is 7. The fraction of sp³-hybridized carbons (Fsp3) is 0.167. The molecule has 0 saturated carbocycles. The van der Waals surface area contributed by atoms with Gasteiger partial charge in [-0.25, -0.2) is 18.2 Å². The largest absolute Gasteiger partial charge is 0.475 e. The van der Waals surface area contributed by atoms with Crippen LogP contribution in [0.5, 0.6) is 5.88 Å². The van der Waals surface area contributed by atoms with Gasteiger partial charge in [0.1, 0.15) is 18.1 Å². The average molecular weight is 467 g/mol. The van der Waals surface area contributed by atoms with Gasteiger partial charge in [0.25, 0.3) is 12.0 Å². The molecule has 3 aromatic heterocycles. The van der Waals surface area contributed by atoms with Crippen LogP contribution in [0.15, 0.2) is 65.6 Å². The van der Waals surface area contributed by atoms with E-state index in [-0.39, 0.29) is 36.2 Å². The topological polar surface area (TPSA) is 95.9 Å². The van der Waals surface area contributed by atoms with Crippen molar-refractivity contribution in [2.75, 3.05) is 12.3 Å². The van der Waals surface area contributed by atoms with Crippen LogP contribution >= 0.6 is 0 Å². The Labute approximate surface area is 192 Å². The second kappa shape index (κ2) is 9.74. The van der Waals surface area contributed by atoms with Crippen LogP contribution in [0.4, 0.5) is 19.1 Å². The van der Waals surface area contributed by atoms with Gasteiger partial charge in [-0.15, -0.1) is 0 Å². The third kappa shape index (κ3) is 5.06. The molecule has 0 bridgehead atoms. The lowest BCUT2D eigenvalue weighted by atomic mass is 9.99. The van der Waals surface area contributed by atoms with Gasteiger partial charge in [0.15, 0.2) is 0 Å². The van der Waals surface area contributed by atoms with Gasteiger partial charge in [-0.05, 0) is 55.0 Å². The lowest BCUT2D eigenvalue weighted by molar-refractivity contribution is 0.146. The second-order valence-electron chi connectivity index (χ2n) is 7.42. The summed E-state index contributed by atoms with van der Waals surface area (Å²) in [5, 5.41) is 0. The van der Waals surface area contributed by atoms with Crippen LogP contribution in [0.1, 0.15) is 17.8 Å². The van der Waals surface area contributed by atoms with Crippen LogP contribution in [0.25, 0.3) is 22.4 Å². The molecule has 0 aliphatic carbocycles. The number of hydrogen-bond donors (Lipinski definition) is 1. The van der Waals surface area contributed by atoms with Gasteiger partial charge in [-0.3, -0.25) is 9.78 Å². The highest BCUT2D eigenvalue weighted by Gasteiger charge is 2.21. The standard InChI is InChI=1S/C24H20F3N5O2/c1-14-12-16(13-18(29-14)22(26)27)20-21(15-5-7-17(25)8-6-15)30-24(28)31-23(20)34-11-10-32-9-3-2-4-19(32)33/h2-9,12-13,22H,10-11H2,1H3,(H2,28,30,31). The number of hydrogen-bond acceptors (Lipinski definition) is 6. The van der Waals surface area contributed by atoms with E-state index in [9.17, 15) is 18.0 Å². The molecule has 0 spiro atoms. The maximum atomic E-state index is 13.5. The smallest absolute Gasteiger partial charge is 0.280 e. The minimum absolute atomic E-state index is 0.0432. The molecule has 0 unspecified atom stereocenters. The monoisotopic (exact) mass is 467 g/mol. The summed E-state index contributed by atoms with van der Waals surface area (Å²) in [5.74, 6) is -0.520. The Kier molecular flexibility index (Phi) is 6.58. The van der Waals surface area contributed by atoms with E-state index in [1.807, 2.05) is 0 Å². The second-order valence-corrected chi connectivity index (χ2v) is 7.42. The highest BCUT2D eigenvalue weighted by atomic mass is 19.3. The summed E-state index contributed by atoms with van der Waals surface area (Å²) in [6.45, 7) is 1.85.